The van der Waals surface area contributed by atoms with E-state index >= 15 is 0 Å². The molecule has 2 aliphatic rings. The highest BCUT2D eigenvalue weighted by molar-refractivity contribution is 9.10. The molecule has 0 fully saturated rings. The zero-order valence-electron chi connectivity index (χ0n) is 32.5. The maximum absolute atomic E-state index is 14.0. The first-order valence-electron chi connectivity index (χ1n) is 17.2. The average molecular weight is 865 g/mol. The molecule has 0 aliphatic heterocycles. The van der Waals surface area contributed by atoms with Crippen LogP contribution in [0.1, 0.15) is 83.1 Å². The van der Waals surface area contributed by atoms with E-state index < -0.39 is 9.84 Å². The van der Waals surface area contributed by atoms with Crippen molar-refractivity contribution in [3.63, 3.8) is 0 Å². The number of azo groups is 2. The van der Waals surface area contributed by atoms with Gasteiger partial charge in [-0.3, -0.25) is 9.59 Å². The molecule has 0 saturated heterocycles. The summed E-state index contributed by atoms with van der Waals surface area (Å²) in [7, 11) is -4.03. The van der Waals surface area contributed by atoms with Gasteiger partial charge in [0.1, 0.15) is 0 Å². The molecule has 0 spiro atoms. The zero-order valence-corrected chi connectivity index (χ0v) is 36.5. The SMILES string of the molecule is CC(C)(C)C1=CC(=CN=Nc2cc(Br)cc(S(=O)(=O)c3cc(Br)cc(N=NC=C4C=C(C(C)(C)C)C(=O)C(C(C)(C)C)=C4)c3)c2)C=C(C(C)(C)C)C1=O. The summed E-state index contributed by atoms with van der Waals surface area (Å²) in [6.07, 6.45) is 10.5. The predicted octanol–water partition coefficient (Wildman–Crippen LogP) is 13.0. The Morgan fingerprint density at radius 1 is 0.491 bits per heavy atom. The van der Waals surface area contributed by atoms with Crippen molar-refractivity contribution in [2.24, 2.45) is 42.1 Å². The number of nitrogens with zero attached hydrogens (tertiary/aromatic N) is 4. The van der Waals surface area contributed by atoms with Gasteiger partial charge in [0, 0.05) is 31.2 Å². The zero-order chi connectivity index (χ0) is 39.9. The fourth-order valence-electron chi connectivity index (χ4n) is 5.66. The van der Waals surface area contributed by atoms with E-state index in [0.717, 1.165) is 11.1 Å². The van der Waals surface area contributed by atoms with Crippen molar-refractivity contribution in [2.75, 3.05) is 0 Å². The van der Waals surface area contributed by atoms with Crippen LogP contribution in [0.2, 0.25) is 0 Å². The summed E-state index contributed by atoms with van der Waals surface area (Å²) in [5, 5.41) is 17.2. The van der Waals surface area contributed by atoms with Crippen LogP contribution in [0.3, 0.4) is 0 Å². The number of carbonyl (C=O) groups is 2. The lowest BCUT2D eigenvalue weighted by molar-refractivity contribution is -0.114. The van der Waals surface area contributed by atoms with Gasteiger partial charge in [0.2, 0.25) is 9.84 Å². The highest BCUT2D eigenvalue weighted by Crippen LogP contribution is 2.41. The van der Waals surface area contributed by atoms with Gasteiger partial charge in [-0.25, -0.2) is 8.42 Å². The third-order valence-corrected chi connectivity index (χ3v) is 11.2. The fraction of sp³-hybridized carbons (Fsp3) is 0.381. The third kappa shape index (κ3) is 10.3. The number of Topliss-reactive ketones (excluding diaryl/α,β-unsaturated/α-hetero) is 2. The smallest absolute Gasteiger partial charge is 0.206 e. The molecule has 53 heavy (non-hydrogen) atoms. The summed E-state index contributed by atoms with van der Waals surface area (Å²) < 4.78 is 28.9. The van der Waals surface area contributed by atoms with E-state index in [1.54, 1.807) is 24.5 Å². The number of carbonyl (C=O) groups excluding carboxylic acids is 2. The van der Waals surface area contributed by atoms with Crippen LogP contribution in [0.15, 0.2) is 146 Å². The second-order valence-electron chi connectivity index (χ2n) is 17.4. The molecular formula is C42H48Br2N4O4S. The molecule has 0 saturated carbocycles. The first-order valence-corrected chi connectivity index (χ1v) is 20.3. The number of ketones is 2. The molecule has 2 aromatic carbocycles. The number of rotatable bonds is 6. The summed E-state index contributed by atoms with van der Waals surface area (Å²) in [5.41, 5.74) is 3.39. The maximum Gasteiger partial charge on any atom is 0.206 e. The fourth-order valence-corrected chi connectivity index (χ4v) is 8.32. The number of hydrogen-bond acceptors (Lipinski definition) is 8. The Morgan fingerprint density at radius 3 is 1.04 bits per heavy atom. The molecule has 0 unspecified atom stereocenters. The van der Waals surface area contributed by atoms with Crippen LogP contribution in [0.5, 0.6) is 0 Å². The Bertz CT molecular complexity index is 2000. The molecule has 8 nitrogen and oxygen atoms in total. The highest BCUT2D eigenvalue weighted by Gasteiger charge is 2.35. The van der Waals surface area contributed by atoms with E-state index in [-0.39, 0.29) is 43.0 Å². The van der Waals surface area contributed by atoms with Crippen LogP contribution < -0.4 is 0 Å². The molecule has 11 heteroatoms. The molecule has 2 aromatic rings. The molecule has 0 aromatic heterocycles. The second kappa shape index (κ2) is 15.2. The van der Waals surface area contributed by atoms with Gasteiger partial charge in [0.05, 0.1) is 33.6 Å². The Balaban J connectivity index is 1.67. The van der Waals surface area contributed by atoms with Crippen LogP contribution >= 0.6 is 31.9 Å². The lowest BCUT2D eigenvalue weighted by atomic mass is 9.72. The summed E-state index contributed by atoms with van der Waals surface area (Å²) in [4.78, 5) is 26.6. The van der Waals surface area contributed by atoms with Gasteiger partial charge in [0.15, 0.2) is 11.6 Å². The van der Waals surface area contributed by atoms with E-state index in [0.29, 0.717) is 42.6 Å². The Kier molecular flexibility index (Phi) is 12.1. The summed E-state index contributed by atoms with van der Waals surface area (Å²) in [5.74, 6) is 0.0476. The van der Waals surface area contributed by atoms with Gasteiger partial charge in [-0.05, 0) is 93.5 Å². The molecule has 280 valence electrons. The quantitative estimate of drug-likeness (QED) is 0.269. The molecule has 4 rings (SSSR count). The first-order chi connectivity index (χ1) is 24.2. The van der Waals surface area contributed by atoms with Crippen LogP contribution in [-0.2, 0) is 19.4 Å². The van der Waals surface area contributed by atoms with Crippen molar-refractivity contribution in [3.8, 4) is 0 Å². The summed E-state index contributed by atoms with van der Waals surface area (Å²) in [6.45, 7) is 24.0. The number of halogens is 2. The third-order valence-electron chi connectivity index (χ3n) is 8.55. The van der Waals surface area contributed by atoms with Crippen LogP contribution in [-0.4, -0.2) is 20.0 Å². The Labute approximate surface area is 331 Å². The molecule has 0 bridgehead atoms. The minimum atomic E-state index is -4.03. The van der Waals surface area contributed by atoms with E-state index in [4.69, 9.17) is 0 Å². The van der Waals surface area contributed by atoms with Crippen molar-refractivity contribution < 1.29 is 18.0 Å². The molecule has 0 heterocycles. The lowest BCUT2D eigenvalue weighted by Crippen LogP contribution is -2.27. The molecular weight excluding hydrogens is 816 g/mol. The molecule has 0 atom stereocenters. The Morgan fingerprint density at radius 2 is 0.774 bits per heavy atom. The Hall–Kier alpha value is -3.67. The van der Waals surface area contributed by atoms with Crippen LogP contribution in [0.25, 0.3) is 0 Å². The minimum Gasteiger partial charge on any atom is -0.289 e. The van der Waals surface area contributed by atoms with Gasteiger partial charge in [-0.15, -0.1) is 0 Å². The average Bonchev–Trinajstić information content (AvgIpc) is 2.99. The number of hydrogen-bond donors (Lipinski definition) is 0. The number of allylic oxidation sites excluding steroid dienone is 10. The van der Waals surface area contributed by atoms with Crippen molar-refractivity contribution in [2.45, 2.75) is 92.9 Å². The van der Waals surface area contributed by atoms with Gasteiger partial charge in [-0.2, -0.15) is 20.5 Å². The van der Waals surface area contributed by atoms with E-state index in [9.17, 15) is 18.0 Å². The van der Waals surface area contributed by atoms with Crippen LogP contribution in [0, 0.1) is 21.7 Å². The van der Waals surface area contributed by atoms with E-state index in [1.165, 1.54) is 24.3 Å². The van der Waals surface area contributed by atoms with E-state index in [2.05, 4.69) is 52.3 Å². The summed E-state index contributed by atoms with van der Waals surface area (Å²) in [6, 6.07) is 9.26. The minimum absolute atomic E-state index is 0.0104. The van der Waals surface area contributed by atoms with Crippen LogP contribution in [0.4, 0.5) is 11.4 Å². The highest BCUT2D eigenvalue weighted by atomic mass is 79.9. The standard InChI is InChI=1S/C42H48Br2N4O4S/c1-39(2,3)33-13-25(14-34(37(33)49)40(4,5)6)23-45-47-29-17-27(43)19-31(21-29)53(51,52)32-20-28(44)18-30(22-32)48-46-24-26-15-35(41(7,8)9)38(50)36(16-26)42(10,11)12/h13-24H,1-12H3. The van der Waals surface area contributed by atoms with Gasteiger partial charge >= 0.3 is 0 Å². The lowest BCUT2D eigenvalue weighted by Gasteiger charge is -2.31. The normalized spacial score (nSPS) is 16.6. The van der Waals surface area contributed by atoms with Crippen molar-refractivity contribution >= 4 is 64.6 Å². The maximum atomic E-state index is 14.0. The number of benzene rings is 2. The van der Waals surface area contributed by atoms with Gasteiger partial charge in [-0.1, -0.05) is 115 Å². The second-order valence-corrected chi connectivity index (χ2v) is 21.2. The number of sulfone groups is 1. The topological polar surface area (TPSA) is 118 Å². The van der Waals surface area contributed by atoms with Crippen molar-refractivity contribution in [1.82, 2.24) is 0 Å². The predicted molar refractivity (Wildman–Crippen MR) is 219 cm³/mol. The molecule has 0 N–H and O–H groups in total. The van der Waals surface area contributed by atoms with Crippen molar-refractivity contribution in [1.29, 1.82) is 0 Å². The molecule has 0 radical (unpaired) electrons. The first kappa shape index (κ1) is 42.1. The van der Waals surface area contributed by atoms with E-state index in [1.807, 2.05) is 107 Å². The molecule has 2 aliphatic carbocycles. The monoisotopic (exact) mass is 862 g/mol. The van der Waals surface area contributed by atoms with Crippen molar-refractivity contribution in [3.05, 3.63) is 115 Å². The molecule has 0 amide bonds. The largest absolute Gasteiger partial charge is 0.289 e. The van der Waals surface area contributed by atoms with Gasteiger partial charge in [0.25, 0.3) is 0 Å². The summed E-state index contributed by atoms with van der Waals surface area (Å²) >= 11 is 6.86. The van der Waals surface area contributed by atoms with Gasteiger partial charge < -0.3 is 0 Å².